The van der Waals surface area contributed by atoms with Gasteiger partial charge in [-0.2, -0.15) is 0 Å². The lowest BCUT2D eigenvalue weighted by molar-refractivity contribution is 1.21. The van der Waals surface area contributed by atoms with Crippen LogP contribution in [0.1, 0.15) is 18.1 Å². The average molecular weight is 250 g/mol. The molecule has 0 unspecified atom stereocenters. The molecule has 0 amide bonds. The molecule has 90 valence electrons. The number of pyridine rings is 1. The van der Waals surface area contributed by atoms with Crippen LogP contribution in [0.5, 0.6) is 0 Å². The minimum absolute atomic E-state index is 0.655. The molecule has 3 N–H and O–H groups in total. The minimum atomic E-state index is 0.655. The van der Waals surface area contributed by atoms with Gasteiger partial charge in [0.2, 0.25) is 0 Å². The summed E-state index contributed by atoms with van der Waals surface area (Å²) in [7, 11) is 0. The van der Waals surface area contributed by atoms with E-state index < -0.39 is 0 Å². The number of anilines is 2. The fourth-order valence-corrected chi connectivity index (χ4v) is 2.22. The summed E-state index contributed by atoms with van der Waals surface area (Å²) in [5.41, 5.74) is 10.5. The number of fused-ring (bicyclic) bond motifs is 1. The number of aromatic nitrogens is 1. The number of hydrogen-bond donors (Lipinski definition) is 2. The monoisotopic (exact) mass is 249 g/mol. The topological polar surface area (TPSA) is 50.9 Å². The van der Waals surface area contributed by atoms with Crippen LogP contribution < -0.4 is 11.1 Å². The van der Waals surface area contributed by atoms with E-state index in [0.717, 1.165) is 39.3 Å². The molecule has 1 heterocycles. The minimum Gasteiger partial charge on any atom is -0.396 e. The van der Waals surface area contributed by atoms with E-state index in [2.05, 4.69) is 10.3 Å². The highest BCUT2D eigenvalue weighted by atomic mass is 35.5. The van der Waals surface area contributed by atoms with Crippen molar-refractivity contribution in [3.05, 3.63) is 28.4 Å². The number of benzene rings is 1. The van der Waals surface area contributed by atoms with Gasteiger partial charge in [0.15, 0.2) is 0 Å². The van der Waals surface area contributed by atoms with E-state index in [4.69, 9.17) is 17.3 Å². The molecule has 1 aromatic heterocycles. The molecule has 3 nitrogen and oxygen atoms in total. The third-order valence-electron chi connectivity index (χ3n) is 2.89. The van der Waals surface area contributed by atoms with Crippen molar-refractivity contribution < 1.29 is 0 Å². The van der Waals surface area contributed by atoms with Crippen LogP contribution in [-0.2, 0) is 0 Å². The van der Waals surface area contributed by atoms with E-state index in [0.29, 0.717) is 5.69 Å². The molecule has 0 bridgehead atoms. The first-order chi connectivity index (χ1) is 8.06. The second-order valence-corrected chi connectivity index (χ2v) is 4.52. The van der Waals surface area contributed by atoms with Crippen molar-refractivity contribution in [2.24, 2.45) is 0 Å². The number of halogens is 1. The molecule has 1 aromatic carbocycles. The zero-order valence-electron chi connectivity index (χ0n) is 10.3. The summed E-state index contributed by atoms with van der Waals surface area (Å²) in [6, 6.07) is 1.99. The van der Waals surface area contributed by atoms with E-state index >= 15 is 0 Å². The van der Waals surface area contributed by atoms with Crippen LogP contribution in [0.25, 0.3) is 10.9 Å². The number of rotatable bonds is 2. The number of hydrogen-bond acceptors (Lipinski definition) is 3. The summed E-state index contributed by atoms with van der Waals surface area (Å²) < 4.78 is 0. The Balaban J connectivity index is 2.87. The highest BCUT2D eigenvalue weighted by Crippen LogP contribution is 2.35. The largest absolute Gasteiger partial charge is 0.396 e. The van der Waals surface area contributed by atoms with E-state index in [1.165, 1.54) is 0 Å². The molecule has 4 heteroatoms. The number of aryl methyl sites for hydroxylation is 2. The Hall–Kier alpha value is -1.48. The molecule has 2 aromatic rings. The summed E-state index contributed by atoms with van der Waals surface area (Å²) >= 11 is 6.28. The molecule has 2 rings (SSSR count). The summed E-state index contributed by atoms with van der Waals surface area (Å²) in [5.74, 6) is 0. The third-order valence-corrected chi connectivity index (χ3v) is 3.48. The van der Waals surface area contributed by atoms with E-state index in [9.17, 15) is 0 Å². The zero-order chi connectivity index (χ0) is 12.6. The van der Waals surface area contributed by atoms with Crippen molar-refractivity contribution in [1.82, 2.24) is 4.98 Å². The number of nitrogens with one attached hydrogen (secondary N) is 1. The first-order valence-corrected chi connectivity index (χ1v) is 6.01. The van der Waals surface area contributed by atoms with Crippen LogP contribution in [0.2, 0.25) is 5.02 Å². The predicted molar refractivity (Wildman–Crippen MR) is 74.8 cm³/mol. The van der Waals surface area contributed by atoms with Gasteiger partial charge in [-0.15, -0.1) is 0 Å². The maximum atomic E-state index is 6.28. The van der Waals surface area contributed by atoms with Gasteiger partial charge in [0.05, 0.1) is 23.1 Å². The second-order valence-electron chi connectivity index (χ2n) is 4.15. The van der Waals surface area contributed by atoms with Crippen LogP contribution in [0.4, 0.5) is 11.4 Å². The maximum Gasteiger partial charge on any atom is 0.0743 e. The van der Waals surface area contributed by atoms with Crippen molar-refractivity contribution in [3.63, 3.8) is 0 Å². The van der Waals surface area contributed by atoms with Gasteiger partial charge >= 0.3 is 0 Å². The van der Waals surface area contributed by atoms with Gasteiger partial charge in [0.1, 0.15) is 0 Å². The van der Waals surface area contributed by atoms with Gasteiger partial charge in [-0.05, 0) is 38.0 Å². The van der Waals surface area contributed by atoms with Gasteiger partial charge < -0.3 is 11.1 Å². The molecule has 0 aliphatic rings. The van der Waals surface area contributed by atoms with Crippen molar-refractivity contribution in [2.75, 3.05) is 17.6 Å². The summed E-state index contributed by atoms with van der Waals surface area (Å²) in [4.78, 5) is 4.36. The van der Waals surface area contributed by atoms with Gasteiger partial charge in [0.25, 0.3) is 0 Å². The zero-order valence-corrected chi connectivity index (χ0v) is 11.0. The molecule has 0 aliphatic carbocycles. The van der Waals surface area contributed by atoms with Crippen LogP contribution in [0.15, 0.2) is 12.3 Å². The van der Waals surface area contributed by atoms with E-state index in [1.54, 1.807) is 6.20 Å². The normalized spacial score (nSPS) is 10.8. The van der Waals surface area contributed by atoms with E-state index in [-0.39, 0.29) is 0 Å². The Morgan fingerprint density at radius 1 is 1.41 bits per heavy atom. The molecule has 0 saturated carbocycles. The van der Waals surface area contributed by atoms with Gasteiger partial charge in [-0.1, -0.05) is 11.6 Å². The number of nitrogens with zero attached hydrogens (tertiary/aromatic N) is 1. The lowest BCUT2D eigenvalue weighted by Gasteiger charge is -2.14. The van der Waals surface area contributed by atoms with Crippen LogP contribution in [0, 0.1) is 13.8 Å². The Kier molecular flexibility index (Phi) is 3.11. The lowest BCUT2D eigenvalue weighted by atomic mass is 10.0. The molecule has 0 atom stereocenters. The van der Waals surface area contributed by atoms with Gasteiger partial charge in [0, 0.05) is 17.0 Å². The SMILES string of the molecule is CCNc1c(N)cnc2cc(C)c(Cl)c(C)c12. The second kappa shape index (κ2) is 4.41. The predicted octanol–water partition coefficient (Wildman–Crippen LogP) is 3.52. The highest BCUT2D eigenvalue weighted by Gasteiger charge is 2.12. The maximum absolute atomic E-state index is 6.28. The van der Waals surface area contributed by atoms with Crippen molar-refractivity contribution in [2.45, 2.75) is 20.8 Å². The lowest BCUT2D eigenvalue weighted by Crippen LogP contribution is -2.04. The van der Waals surface area contributed by atoms with Crippen molar-refractivity contribution in [3.8, 4) is 0 Å². The Morgan fingerprint density at radius 3 is 2.76 bits per heavy atom. The molecular weight excluding hydrogens is 234 g/mol. The molecular formula is C13H16ClN3. The van der Waals surface area contributed by atoms with Crippen LogP contribution in [-0.4, -0.2) is 11.5 Å². The van der Waals surface area contributed by atoms with Crippen LogP contribution in [0.3, 0.4) is 0 Å². The van der Waals surface area contributed by atoms with Crippen LogP contribution >= 0.6 is 11.6 Å². The number of nitrogen functional groups attached to an aromatic ring is 1. The fourth-order valence-electron chi connectivity index (χ4n) is 2.07. The standard InChI is InChI=1S/C13H16ClN3/c1-4-16-13-9(15)6-17-10-5-7(2)12(14)8(3)11(10)13/h5-6H,4,15H2,1-3H3,(H,16,17). The Bertz CT molecular complexity index is 579. The van der Waals surface area contributed by atoms with Crippen molar-refractivity contribution >= 4 is 33.9 Å². The Morgan fingerprint density at radius 2 is 2.12 bits per heavy atom. The summed E-state index contributed by atoms with van der Waals surface area (Å²) in [5, 5.41) is 5.08. The highest BCUT2D eigenvalue weighted by molar-refractivity contribution is 6.33. The molecule has 0 aliphatic heterocycles. The smallest absolute Gasteiger partial charge is 0.0743 e. The first-order valence-electron chi connectivity index (χ1n) is 5.64. The van der Waals surface area contributed by atoms with Gasteiger partial charge in [-0.3, -0.25) is 4.98 Å². The van der Waals surface area contributed by atoms with Gasteiger partial charge in [-0.25, -0.2) is 0 Å². The average Bonchev–Trinajstić information content (AvgIpc) is 2.30. The summed E-state index contributed by atoms with van der Waals surface area (Å²) in [6.45, 7) is 6.84. The quantitative estimate of drug-likeness (QED) is 0.856. The molecule has 0 spiro atoms. The van der Waals surface area contributed by atoms with E-state index in [1.807, 2.05) is 26.8 Å². The fraction of sp³-hybridized carbons (Fsp3) is 0.308. The molecule has 0 saturated heterocycles. The first kappa shape index (κ1) is 12.0. The number of nitrogens with two attached hydrogens (primary N) is 1. The Labute approximate surface area is 106 Å². The molecule has 0 radical (unpaired) electrons. The molecule has 0 fully saturated rings. The third kappa shape index (κ3) is 1.91. The summed E-state index contributed by atoms with van der Waals surface area (Å²) in [6.07, 6.45) is 1.69. The van der Waals surface area contributed by atoms with Crippen molar-refractivity contribution in [1.29, 1.82) is 0 Å². The molecule has 17 heavy (non-hydrogen) atoms.